The second kappa shape index (κ2) is 12.3. The summed E-state index contributed by atoms with van der Waals surface area (Å²) in [4.78, 5) is 9.96. The summed E-state index contributed by atoms with van der Waals surface area (Å²) in [6.07, 6.45) is 6.18. The fraction of sp³-hybridized carbons (Fsp3) is 0.100. The molecule has 7 aromatic rings. The molecule has 222 valence electrons. The monoisotopic (exact) mass is 763 g/mol. The maximum Gasteiger partial charge on any atom is 0.148 e. The van der Waals surface area contributed by atoms with Crippen molar-refractivity contribution in [3.05, 3.63) is 145 Å². The van der Waals surface area contributed by atoms with Crippen LogP contribution in [-0.4, -0.2) is 19.6 Å². The summed E-state index contributed by atoms with van der Waals surface area (Å²) in [5.41, 5.74) is 12.1. The Balaban J connectivity index is 0.00000325. The number of aromatic hydroxyl groups is 1. The van der Waals surface area contributed by atoms with Gasteiger partial charge in [0.15, 0.2) is 0 Å². The molecule has 0 fully saturated rings. The third-order valence-electron chi connectivity index (χ3n) is 8.61. The number of pyridine rings is 1. The van der Waals surface area contributed by atoms with E-state index in [0.29, 0.717) is 0 Å². The van der Waals surface area contributed by atoms with E-state index in [0.717, 1.165) is 80.9 Å². The molecular formula is C40H30N3OPt-. The van der Waals surface area contributed by atoms with Gasteiger partial charge in [0.1, 0.15) is 11.6 Å². The topological polar surface area (TPSA) is 50.9 Å². The fourth-order valence-corrected chi connectivity index (χ4v) is 6.46. The van der Waals surface area contributed by atoms with E-state index in [4.69, 9.17) is 4.98 Å². The van der Waals surface area contributed by atoms with E-state index in [2.05, 4.69) is 88.4 Å². The molecule has 0 unspecified atom stereocenters. The Hall–Kier alpha value is -4.79. The molecule has 0 atom stereocenters. The SMILES string of the molecule is Oc1cc2c(cc1-c1nc3c(-c4[c-]c(-c5ccccn5)cc(-c5ccccc5)c4)cccc3n1-c1ccccc1)CCCC2.[Pt]. The van der Waals surface area contributed by atoms with Gasteiger partial charge in [-0.25, -0.2) is 4.98 Å². The summed E-state index contributed by atoms with van der Waals surface area (Å²) in [5, 5.41) is 11.4. The Morgan fingerprint density at radius 3 is 2.11 bits per heavy atom. The fourth-order valence-electron chi connectivity index (χ4n) is 6.46. The van der Waals surface area contributed by atoms with Gasteiger partial charge < -0.3 is 5.11 Å². The molecule has 0 amide bonds. The number of benzene rings is 5. The first-order valence-electron chi connectivity index (χ1n) is 15.2. The zero-order chi connectivity index (χ0) is 29.5. The van der Waals surface area contributed by atoms with E-state index in [1.807, 2.05) is 54.7 Å². The molecular weight excluding hydrogens is 734 g/mol. The van der Waals surface area contributed by atoms with Crippen LogP contribution in [-0.2, 0) is 33.9 Å². The van der Waals surface area contributed by atoms with E-state index >= 15 is 0 Å². The molecule has 1 aliphatic rings. The Morgan fingerprint density at radius 1 is 0.644 bits per heavy atom. The van der Waals surface area contributed by atoms with Crippen molar-refractivity contribution in [1.82, 2.24) is 14.5 Å². The molecule has 0 bridgehead atoms. The molecule has 1 aliphatic carbocycles. The van der Waals surface area contributed by atoms with Crippen molar-refractivity contribution in [1.29, 1.82) is 0 Å². The quantitative estimate of drug-likeness (QED) is 0.178. The summed E-state index contributed by atoms with van der Waals surface area (Å²) in [6, 6.07) is 45.1. The molecule has 2 aromatic heterocycles. The number of aryl methyl sites for hydroxylation is 2. The molecule has 0 aliphatic heterocycles. The Bertz CT molecular complexity index is 2070. The van der Waals surface area contributed by atoms with Crippen LogP contribution in [0.1, 0.15) is 24.0 Å². The molecule has 4 nitrogen and oxygen atoms in total. The normalized spacial score (nSPS) is 12.4. The smallest absolute Gasteiger partial charge is 0.148 e. The Kier molecular flexibility index (Phi) is 7.91. The van der Waals surface area contributed by atoms with Gasteiger partial charge in [-0.3, -0.25) is 9.55 Å². The molecule has 5 aromatic carbocycles. The largest absolute Gasteiger partial charge is 0.507 e. The first kappa shape index (κ1) is 28.9. The van der Waals surface area contributed by atoms with Gasteiger partial charge in [0.2, 0.25) is 0 Å². The summed E-state index contributed by atoms with van der Waals surface area (Å²) < 4.78 is 2.17. The number of imidazole rings is 1. The van der Waals surface area contributed by atoms with Crippen LogP contribution in [0.25, 0.3) is 61.6 Å². The second-order valence-corrected chi connectivity index (χ2v) is 11.4. The number of phenols is 1. The average molecular weight is 764 g/mol. The van der Waals surface area contributed by atoms with Crippen molar-refractivity contribution in [3.8, 4) is 56.3 Å². The Morgan fingerprint density at radius 2 is 1.36 bits per heavy atom. The van der Waals surface area contributed by atoms with Gasteiger partial charge in [-0.05, 0) is 78.8 Å². The number of fused-ring (bicyclic) bond motifs is 2. The van der Waals surface area contributed by atoms with Crippen LogP contribution in [0.5, 0.6) is 5.75 Å². The van der Waals surface area contributed by atoms with E-state index < -0.39 is 0 Å². The Labute approximate surface area is 277 Å². The number of rotatable bonds is 5. The van der Waals surface area contributed by atoms with Crippen molar-refractivity contribution < 1.29 is 26.2 Å². The van der Waals surface area contributed by atoms with Crippen LogP contribution >= 0.6 is 0 Å². The van der Waals surface area contributed by atoms with E-state index in [1.54, 1.807) is 0 Å². The van der Waals surface area contributed by atoms with Crippen molar-refractivity contribution in [3.63, 3.8) is 0 Å². The molecule has 0 saturated heterocycles. The van der Waals surface area contributed by atoms with Crippen molar-refractivity contribution >= 4 is 11.0 Å². The predicted molar refractivity (Wildman–Crippen MR) is 178 cm³/mol. The maximum absolute atomic E-state index is 11.4. The first-order valence-corrected chi connectivity index (χ1v) is 15.2. The molecule has 1 N–H and O–H groups in total. The predicted octanol–water partition coefficient (Wildman–Crippen LogP) is 9.47. The van der Waals surface area contributed by atoms with Crippen LogP contribution in [0.2, 0.25) is 0 Å². The minimum absolute atomic E-state index is 0. The minimum atomic E-state index is 0. The third kappa shape index (κ3) is 5.41. The van der Waals surface area contributed by atoms with Crippen LogP contribution in [0, 0.1) is 6.07 Å². The van der Waals surface area contributed by atoms with Crippen molar-refractivity contribution in [2.75, 3.05) is 0 Å². The summed E-state index contributed by atoms with van der Waals surface area (Å²) in [7, 11) is 0. The third-order valence-corrected chi connectivity index (χ3v) is 8.61. The van der Waals surface area contributed by atoms with Crippen LogP contribution in [0.3, 0.4) is 0 Å². The molecule has 0 radical (unpaired) electrons. The van der Waals surface area contributed by atoms with Crippen molar-refractivity contribution in [2.45, 2.75) is 25.7 Å². The minimum Gasteiger partial charge on any atom is -0.507 e. The van der Waals surface area contributed by atoms with Gasteiger partial charge >= 0.3 is 0 Å². The molecule has 5 heteroatoms. The standard InChI is InChI=1S/C40H30N3O.Pt/c44-38-26-29-15-8-7-14-28(29)25-35(38)40-42-39-34(18-11-20-37(39)43(40)33-16-5-2-6-17-33)31-22-30(27-12-3-1-4-13-27)23-32(24-31)36-19-9-10-21-41-36;/h1-6,9-13,16-23,25-26,44H,7-8,14-15H2;/q-1;. The van der Waals surface area contributed by atoms with E-state index in [1.165, 1.54) is 17.5 Å². The summed E-state index contributed by atoms with van der Waals surface area (Å²) >= 11 is 0. The van der Waals surface area contributed by atoms with Gasteiger partial charge in [0.05, 0.1) is 16.6 Å². The zero-order valence-electron chi connectivity index (χ0n) is 24.6. The van der Waals surface area contributed by atoms with E-state index in [-0.39, 0.29) is 26.8 Å². The van der Waals surface area contributed by atoms with Crippen molar-refractivity contribution in [2.24, 2.45) is 0 Å². The van der Waals surface area contributed by atoms with Gasteiger partial charge in [-0.15, -0.1) is 23.8 Å². The molecule has 0 saturated carbocycles. The van der Waals surface area contributed by atoms with Crippen LogP contribution in [0.4, 0.5) is 0 Å². The van der Waals surface area contributed by atoms with Crippen LogP contribution in [0.15, 0.2) is 128 Å². The molecule has 45 heavy (non-hydrogen) atoms. The first-order chi connectivity index (χ1) is 21.7. The number of nitrogens with zero attached hydrogens (tertiary/aromatic N) is 3. The number of hydrogen-bond donors (Lipinski definition) is 1. The summed E-state index contributed by atoms with van der Waals surface area (Å²) in [5.74, 6) is 1.00. The second-order valence-electron chi connectivity index (χ2n) is 11.4. The molecule has 0 spiro atoms. The van der Waals surface area contributed by atoms with Gasteiger partial charge in [-0.1, -0.05) is 89.5 Å². The zero-order valence-corrected chi connectivity index (χ0v) is 26.8. The van der Waals surface area contributed by atoms with Gasteiger partial charge in [-0.2, -0.15) is 0 Å². The van der Waals surface area contributed by atoms with Crippen LogP contribution < -0.4 is 0 Å². The maximum atomic E-state index is 11.4. The van der Waals surface area contributed by atoms with E-state index in [9.17, 15) is 5.11 Å². The summed E-state index contributed by atoms with van der Waals surface area (Å²) in [6.45, 7) is 0. The van der Waals surface area contributed by atoms with Gasteiger partial charge in [0.25, 0.3) is 0 Å². The number of phenolic OH excluding ortho intramolecular Hbond substituents is 1. The number of para-hydroxylation sites is 2. The number of aromatic nitrogens is 3. The molecule has 8 rings (SSSR count). The average Bonchev–Trinajstić information content (AvgIpc) is 3.48. The number of hydrogen-bond acceptors (Lipinski definition) is 3. The van der Waals surface area contributed by atoms with Gasteiger partial charge in [0, 0.05) is 38.6 Å². The molecule has 2 heterocycles.